The zero-order chi connectivity index (χ0) is 9.68. The molecule has 0 heterocycles. The Morgan fingerprint density at radius 1 is 1.38 bits per heavy atom. The maximum Gasteiger partial charge on any atom is 0.329 e. The third kappa shape index (κ3) is 2.95. The molecule has 0 unspecified atom stereocenters. The van der Waals surface area contributed by atoms with Crippen LogP contribution < -0.4 is 0 Å². The first-order valence-corrected chi connectivity index (χ1v) is 5.00. The van der Waals surface area contributed by atoms with Crippen LogP contribution in [0.5, 0.6) is 0 Å². The minimum Gasteiger partial charge on any atom is -0.478 e. The van der Waals surface area contributed by atoms with Crippen molar-refractivity contribution in [3.8, 4) is 0 Å². The van der Waals surface area contributed by atoms with E-state index in [1.54, 1.807) is 0 Å². The fourth-order valence-electron chi connectivity index (χ4n) is 0.975. The van der Waals surface area contributed by atoms with E-state index in [-0.39, 0.29) is 0 Å². The quantitative estimate of drug-likeness (QED) is 0.751. The largest absolute Gasteiger partial charge is 0.478 e. The van der Waals surface area contributed by atoms with Gasteiger partial charge in [0.25, 0.3) is 0 Å². The highest BCUT2D eigenvalue weighted by molar-refractivity contribution is 8.07. The molecule has 68 valence electrons. The number of thioether (sulfide) groups is 1. The van der Waals surface area contributed by atoms with Gasteiger partial charge in [0, 0.05) is 11.0 Å². The highest BCUT2D eigenvalue weighted by atomic mass is 32.2. The number of benzene rings is 1. The summed E-state index contributed by atoms with van der Waals surface area (Å²) in [6.45, 7) is 0. The zero-order valence-corrected chi connectivity index (χ0v) is 8.04. The van der Waals surface area contributed by atoms with E-state index in [0.717, 1.165) is 10.5 Å². The molecule has 0 aromatic heterocycles. The summed E-state index contributed by atoms with van der Waals surface area (Å²) in [5.41, 5.74) is 0.942. The Labute approximate surface area is 81.3 Å². The third-order valence-corrected chi connectivity index (χ3v) is 2.33. The molecule has 1 aromatic carbocycles. The zero-order valence-electron chi connectivity index (χ0n) is 7.23. The normalized spacial score (nSPS) is 11.3. The molecule has 3 heteroatoms. The Balaban J connectivity index is 2.98. The Morgan fingerprint density at radius 3 is 2.46 bits per heavy atom. The maximum atomic E-state index is 10.5. The van der Waals surface area contributed by atoms with Gasteiger partial charge in [0.1, 0.15) is 0 Å². The SMILES string of the molecule is CSC(=CC(=O)O)c1ccccc1. The van der Waals surface area contributed by atoms with Crippen molar-refractivity contribution in [2.45, 2.75) is 0 Å². The molecule has 0 spiro atoms. The molecule has 1 N–H and O–H groups in total. The molecule has 0 fully saturated rings. The molecular weight excluding hydrogens is 184 g/mol. The summed E-state index contributed by atoms with van der Waals surface area (Å²) in [5.74, 6) is -0.909. The lowest BCUT2D eigenvalue weighted by atomic mass is 10.2. The van der Waals surface area contributed by atoms with Crippen molar-refractivity contribution in [2.24, 2.45) is 0 Å². The lowest BCUT2D eigenvalue weighted by Gasteiger charge is -2.01. The fourth-order valence-corrected chi connectivity index (χ4v) is 1.57. The monoisotopic (exact) mass is 194 g/mol. The summed E-state index contributed by atoms with van der Waals surface area (Å²) in [4.78, 5) is 11.2. The summed E-state index contributed by atoms with van der Waals surface area (Å²) in [7, 11) is 0. The fraction of sp³-hybridized carbons (Fsp3) is 0.100. The van der Waals surface area contributed by atoms with E-state index in [2.05, 4.69) is 0 Å². The molecule has 1 aromatic rings. The van der Waals surface area contributed by atoms with Crippen molar-refractivity contribution >= 4 is 22.6 Å². The van der Waals surface area contributed by atoms with E-state index in [1.165, 1.54) is 17.8 Å². The first-order chi connectivity index (χ1) is 6.24. The van der Waals surface area contributed by atoms with Crippen LogP contribution in [0, 0.1) is 0 Å². The van der Waals surface area contributed by atoms with Gasteiger partial charge in [-0.2, -0.15) is 0 Å². The summed E-state index contributed by atoms with van der Waals surface area (Å²) < 4.78 is 0. The van der Waals surface area contributed by atoms with Gasteiger partial charge in [-0.25, -0.2) is 4.79 Å². The van der Waals surface area contributed by atoms with Gasteiger partial charge in [-0.05, 0) is 11.8 Å². The topological polar surface area (TPSA) is 37.3 Å². The molecule has 0 radical (unpaired) electrons. The summed E-state index contributed by atoms with van der Waals surface area (Å²) in [6.07, 6.45) is 3.09. The molecule has 13 heavy (non-hydrogen) atoms. The second-order valence-corrected chi connectivity index (χ2v) is 3.27. The summed E-state index contributed by atoms with van der Waals surface area (Å²) >= 11 is 1.43. The Hall–Kier alpha value is -1.22. The van der Waals surface area contributed by atoms with Crippen LogP contribution in [0.25, 0.3) is 4.91 Å². The molecule has 0 saturated carbocycles. The highest BCUT2D eigenvalue weighted by Crippen LogP contribution is 2.24. The number of hydrogen-bond acceptors (Lipinski definition) is 2. The van der Waals surface area contributed by atoms with Gasteiger partial charge in [0.2, 0.25) is 0 Å². The average Bonchev–Trinajstić information content (AvgIpc) is 2.15. The minimum absolute atomic E-state index is 0.771. The molecule has 0 atom stereocenters. The van der Waals surface area contributed by atoms with Gasteiger partial charge in [-0.1, -0.05) is 30.3 Å². The molecule has 0 amide bonds. The summed E-state index contributed by atoms with van der Waals surface area (Å²) in [6, 6.07) is 9.47. The van der Waals surface area contributed by atoms with Crippen LogP contribution >= 0.6 is 11.8 Å². The molecule has 0 aliphatic carbocycles. The number of hydrogen-bond donors (Lipinski definition) is 1. The van der Waals surface area contributed by atoms with Gasteiger partial charge in [0.05, 0.1) is 0 Å². The highest BCUT2D eigenvalue weighted by Gasteiger charge is 2.00. The second-order valence-electron chi connectivity index (χ2n) is 2.42. The molecule has 0 aliphatic rings. The smallest absolute Gasteiger partial charge is 0.329 e. The van der Waals surface area contributed by atoms with Crippen LogP contribution in [0.15, 0.2) is 36.4 Å². The van der Waals surface area contributed by atoms with Crippen molar-refractivity contribution in [3.05, 3.63) is 42.0 Å². The Bertz CT molecular complexity index is 317. The predicted molar refractivity (Wildman–Crippen MR) is 55.6 cm³/mol. The molecule has 1 rings (SSSR count). The van der Waals surface area contributed by atoms with Gasteiger partial charge in [0.15, 0.2) is 0 Å². The van der Waals surface area contributed by atoms with Gasteiger partial charge in [-0.15, -0.1) is 11.8 Å². The van der Waals surface area contributed by atoms with Crippen LogP contribution in [0.1, 0.15) is 5.56 Å². The molecule has 0 saturated heterocycles. The van der Waals surface area contributed by atoms with E-state index < -0.39 is 5.97 Å². The lowest BCUT2D eigenvalue weighted by molar-refractivity contribution is -0.131. The van der Waals surface area contributed by atoms with E-state index >= 15 is 0 Å². The third-order valence-electron chi connectivity index (χ3n) is 1.53. The van der Waals surface area contributed by atoms with Crippen molar-refractivity contribution in [2.75, 3.05) is 6.26 Å². The van der Waals surface area contributed by atoms with Gasteiger partial charge < -0.3 is 5.11 Å². The number of rotatable bonds is 3. The Kier molecular flexibility index (Phi) is 3.58. The van der Waals surface area contributed by atoms with E-state index in [0.29, 0.717) is 0 Å². The van der Waals surface area contributed by atoms with Crippen LogP contribution in [0.2, 0.25) is 0 Å². The summed E-state index contributed by atoms with van der Waals surface area (Å²) in [5, 5.41) is 8.59. The number of carboxylic acids is 1. The molecule has 2 nitrogen and oxygen atoms in total. The maximum absolute atomic E-state index is 10.5. The van der Waals surface area contributed by atoms with Crippen molar-refractivity contribution < 1.29 is 9.90 Å². The van der Waals surface area contributed by atoms with Crippen LogP contribution in [-0.4, -0.2) is 17.3 Å². The first-order valence-electron chi connectivity index (χ1n) is 3.78. The average molecular weight is 194 g/mol. The van der Waals surface area contributed by atoms with E-state index in [9.17, 15) is 4.79 Å². The van der Waals surface area contributed by atoms with Crippen molar-refractivity contribution in [1.82, 2.24) is 0 Å². The van der Waals surface area contributed by atoms with Crippen molar-refractivity contribution in [3.63, 3.8) is 0 Å². The lowest BCUT2D eigenvalue weighted by Crippen LogP contribution is -1.89. The predicted octanol–water partition coefficient (Wildman–Crippen LogP) is 2.48. The van der Waals surface area contributed by atoms with Crippen LogP contribution in [0.4, 0.5) is 0 Å². The Morgan fingerprint density at radius 2 is 2.00 bits per heavy atom. The van der Waals surface area contributed by atoms with E-state index in [4.69, 9.17) is 5.11 Å². The van der Waals surface area contributed by atoms with E-state index in [1.807, 2.05) is 36.6 Å². The first kappa shape index (κ1) is 9.86. The molecule has 0 aliphatic heterocycles. The van der Waals surface area contributed by atoms with Gasteiger partial charge >= 0.3 is 5.97 Å². The van der Waals surface area contributed by atoms with Crippen molar-refractivity contribution in [1.29, 1.82) is 0 Å². The van der Waals surface area contributed by atoms with Crippen LogP contribution in [-0.2, 0) is 4.79 Å². The van der Waals surface area contributed by atoms with Gasteiger partial charge in [-0.3, -0.25) is 0 Å². The molecule has 0 bridgehead atoms. The second kappa shape index (κ2) is 4.72. The van der Waals surface area contributed by atoms with Crippen LogP contribution in [0.3, 0.4) is 0 Å². The minimum atomic E-state index is -0.909. The number of carbonyl (C=O) groups is 1. The number of carboxylic acid groups (broad SMARTS) is 1. The standard InChI is InChI=1S/C10H10O2S/c1-13-9(7-10(11)12)8-5-3-2-4-6-8/h2-7H,1H3,(H,11,12). The number of aliphatic carboxylic acids is 1. The molecular formula is C10H10O2S.